The number of benzene rings is 1. The van der Waals surface area contributed by atoms with Gasteiger partial charge in [-0.3, -0.25) is 4.79 Å². The lowest BCUT2D eigenvalue weighted by Gasteiger charge is -2.09. The standard InChI is InChI=1S/C13H13NO3S/c1-8-14-13(12(7-15)18-8)10-5-4-9(16-2)6-11(10)17-3/h4-7H,1-3H3. The van der Waals surface area contributed by atoms with Gasteiger partial charge in [0.15, 0.2) is 6.29 Å². The molecule has 1 aromatic carbocycles. The summed E-state index contributed by atoms with van der Waals surface area (Å²) in [6.07, 6.45) is 0.823. The van der Waals surface area contributed by atoms with Gasteiger partial charge in [0.2, 0.25) is 0 Å². The second-order valence-electron chi connectivity index (χ2n) is 3.63. The average Bonchev–Trinajstić information content (AvgIpc) is 2.78. The summed E-state index contributed by atoms with van der Waals surface area (Å²) in [4.78, 5) is 16.0. The topological polar surface area (TPSA) is 48.4 Å². The summed E-state index contributed by atoms with van der Waals surface area (Å²) in [5.41, 5.74) is 1.46. The van der Waals surface area contributed by atoms with Crippen LogP contribution < -0.4 is 9.47 Å². The van der Waals surface area contributed by atoms with Crippen molar-refractivity contribution in [2.45, 2.75) is 6.92 Å². The predicted octanol–water partition coefficient (Wildman–Crippen LogP) is 2.95. The Bertz CT molecular complexity index is 578. The van der Waals surface area contributed by atoms with Crippen LogP contribution in [0.4, 0.5) is 0 Å². The van der Waals surface area contributed by atoms with E-state index < -0.39 is 0 Å². The molecule has 5 heteroatoms. The zero-order valence-corrected chi connectivity index (χ0v) is 11.2. The van der Waals surface area contributed by atoms with Gasteiger partial charge in [-0.15, -0.1) is 11.3 Å². The van der Waals surface area contributed by atoms with Crippen molar-refractivity contribution in [1.29, 1.82) is 0 Å². The van der Waals surface area contributed by atoms with Crippen LogP contribution >= 0.6 is 11.3 Å². The summed E-state index contributed by atoms with van der Waals surface area (Å²) in [5.74, 6) is 1.35. The van der Waals surface area contributed by atoms with Gasteiger partial charge in [0.05, 0.1) is 29.8 Å². The first-order chi connectivity index (χ1) is 8.69. The lowest BCUT2D eigenvalue weighted by Crippen LogP contribution is -1.92. The molecule has 0 saturated heterocycles. The number of methoxy groups -OCH3 is 2. The van der Waals surface area contributed by atoms with Gasteiger partial charge in [-0.2, -0.15) is 0 Å². The number of hydrogen-bond acceptors (Lipinski definition) is 5. The maximum atomic E-state index is 11.0. The number of hydrogen-bond donors (Lipinski definition) is 0. The van der Waals surface area contributed by atoms with Crippen molar-refractivity contribution in [3.05, 3.63) is 28.1 Å². The lowest BCUT2D eigenvalue weighted by atomic mass is 10.1. The molecule has 94 valence electrons. The Balaban J connectivity index is 2.59. The largest absolute Gasteiger partial charge is 0.497 e. The highest BCUT2D eigenvalue weighted by atomic mass is 32.1. The van der Waals surface area contributed by atoms with Crippen molar-refractivity contribution in [1.82, 2.24) is 4.98 Å². The zero-order chi connectivity index (χ0) is 13.1. The number of thiazole rings is 1. The number of carbonyl (C=O) groups excluding carboxylic acids is 1. The monoisotopic (exact) mass is 263 g/mol. The third kappa shape index (κ3) is 2.22. The van der Waals surface area contributed by atoms with E-state index in [1.165, 1.54) is 11.3 Å². The first kappa shape index (κ1) is 12.6. The summed E-state index contributed by atoms with van der Waals surface area (Å²) >= 11 is 1.37. The van der Waals surface area contributed by atoms with E-state index >= 15 is 0 Å². The lowest BCUT2D eigenvalue weighted by molar-refractivity contribution is 0.112. The number of rotatable bonds is 4. The Labute approximate surface area is 109 Å². The van der Waals surface area contributed by atoms with Gasteiger partial charge >= 0.3 is 0 Å². The van der Waals surface area contributed by atoms with Gasteiger partial charge in [-0.25, -0.2) is 4.98 Å². The van der Waals surface area contributed by atoms with E-state index in [0.717, 1.165) is 16.9 Å². The normalized spacial score (nSPS) is 10.2. The molecule has 0 aliphatic rings. The molecule has 0 aliphatic heterocycles. The van der Waals surface area contributed by atoms with Crippen molar-refractivity contribution in [3.8, 4) is 22.8 Å². The third-order valence-electron chi connectivity index (χ3n) is 2.53. The molecule has 4 nitrogen and oxygen atoms in total. The van der Waals surface area contributed by atoms with Crippen LogP contribution in [-0.4, -0.2) is 25.5 Å². The number of aryl methyl sites for hydroxylation is 1. The van der Waals surface area contributed by atoms with E-state index in [1.54, 1.807) is 20.3 Å². The summed E-state index contributed by atoms with van der Waals surface area (Å²) in [6, 6.07) is 5.44. The molecule has 0 spiro atoms. The molecule has 0 fully saturated rings. The van der Waals surface area contributed by atoms with Crippen LogP contribution in [-0.2, 0) is 0 Å². The van der Waals surface area contributed by atoms with E-state index in [-0.39, 0.29) is 0 Å². The van der Waals surface area contributed by atoms with Crippen molar-refractivity contribution < 1.29 is 14.3 Å². The summed E-state index contributed by atoms with van der Waals surface area (Å²) < 4.78 is 10.5. The minimum Gasteiger partial charge on any atom is -0.497 e. The summed E-state index contributed by atoms with van der Waals surface area (Å²) in [7, 11) is 3.18. The molecule has 0 amide bonds. The van der Waals surface area contributed by atoms with Crippen LogP contribution in [0.15, 0.2) is 18.2 Å². The average molecular weight is 263 g/mol. The first-order valence-corrected chi connectivity index (χ1v) is 6.16. The Morgan fingerprint density at radius 1 is 1.28 bits per heavy atom. The Morgan fingerprint density at radius 2 is 2.06 bits per heavy atom. The van der Waals surface area contributed by atoms with Crippen LogP contribution in [0.2, 0.25) is 0 Å². The molecule has 0 bridgehead atoms. The number of ether oxygens (including phenoxy) is 2. The molecule has 1 aromatic heterocycles. The molecular formula is C13H13NO3S. The van der Waals surface area contributed by atoms with E-state index in [9.17, 15) is 4.79 Å². The quantitative estimate of drug-likeness (QED) is 0.796. The van der Waals surface area contributed by atoms with Crippen LogP contribution in [0.5, 0.6) is 11.5 Å². The number of aldehydes is 1. The van der Waals surface area contributed by atoms with Crippen molar-refractivity contribution >= 4 is 17.6 Å². The van der Waals surface area contributed by atoms with Crippen molar-refractivity contribution in [2.24, 2.45) is 0 Å². The minimum atomic E-state index is 0.607. The number of carbonyl (C=O) groups is 1. The second kappa shape index (κ2) is 5.18. The molecule has 2 rings (SSSR count). The summed E-state index contributed by atoms with van der Waals surface area (Å²) in [5, 5.41) is 0.852. The minimum absolute atomic E-state index is 0.607. The van der Waals surface area contributed by atoms with Crippen LogP contribution in [0, 0.1) is 6.92 Å². The van der Waals surface area contributed by atoms with E-state index in [0.29, 0.717) is 22.1 Å². The second-order valence-corrected chi connectivity index (χ2v) is 4.86. The molecule has 18 heavy (non-hydrogen) atoms. The molecule has 1 heterocycles. The Kier molecular flexibility index (Phi) is 3.62. The number of aromatic nitrogens is 1. The fourth-order valence-corrected chi connectivity index (χ4v) is 2.47. The molecular weight excluding hydrogens is 250 g/mol. The fraction of sp³-hybridized carbons (Fsp3) is 0.231. The summed E-state index contributed by atoms with van der Waals surface area (Å²) in [6.45, 7) is 1.87. The molecule has 0 atom stereocenters. The van der Waals surface area contributed by atoms with Crippen LogP contribution in [0.1, 0.15) is 14.7 Å². The van der Waals surface area contributed by atoms with Gasteiger partial charge in [0.1, 0.15) is 11.5 Å². The highest BCUT2D eigenvalue weighted by molar-refractivity contribution is 7.13. The molecule has 0 unspecified atom stereocenters. The van der Waals surface area contributed by atoms with Crippen molar-refractivity contribution in [2.75, 3.05) is 14.2 Å². The molecule has 0 N–H and O–H groups in total. The van der Waals surface area contributed by atoms with E-state index in [4.69, 9.17) is 9.47 Å². The van der Waals surface area contributed by atoms with Crippen LogP contribution in [0.25, 0.3) is 11.3 Å². The Morgan fingerprint density at radius 3 is 2.67 bits per heavy atom. The van der Waals surface area contributed by atoms with Crippen molar-refractivity contribution in [3.63, 3.8) is 0 Å². The van der Waals surface area contributed by atoms with Gasteiger partial charge in [0, 0.05) is 11.6 Å². The molecule has 0 aliphatic carbocycles. The molecule has 2 aromatic rings. The SMILES string of the molecule is COc1ccc(-c2nc(C)sc2C=O)c(OC)c1. The number of nitrogens with zero attached hydrogens (tertiary/aromatic N) is 1. The van der Waals surface area contributed by atoms with Gasteiger partial charge < -0.3 is 9.47 Å². The highest BCUT2D eigenvalue weighted by Gasteiger charge is 2.15. The molecule has 0 radical (unpaired) electrons. The highest BCUT2D eigenvalue weighted by Crippen LogP contribution is 2.35. The van der Waals surface area contributed by atoms with E-state index in [1.807, 2.05) is 19.1 Å². The van der Waals surface area contributed by atoms with Gasteiger partial charge in [0.25, 0.3) is 0 Å². The van der Waals surface area contributed by atoms with Gasteiger partial charge in [-0.1, -0.05) is 0 Å². The smallest absolute Gasteiger partial charge is 0.162 e. The Hall–Kier alpha value is -1.88. The van der Waals surface area contributed by atoms with Crippen LogP contribution in [0.3, 0.4) is 0 Å². The maximum absolute atomic E-state index is 11.0. The third-order valence-corrected chi connectivity index (χ3v) is 3.43. The maximum Gasteiger partial charge on any atom is 0.162 e. The first-order valence-electron chi connectivity index (χ1n) is 5.34. The zero-order valence-electron chi connectivity index (χ0n) is 10.4. The molecule has 0 saturated carbocycles. The van der Waals surface area contributed by atoms with E-state index in [2.05, 4.69) is 4.98 Å². The fourth-order valence-electron chi connectivity index (χ4n) is 1.71. The predicted molar refractivity (Wildman–Crippen MR) is 70.8 cm³/mol. The van der Waals surface area contributed by atoms with Gasteiger partial charge in [-0.05, 0) is 19.1 Å².